The molecule has 0 amide bonds. The van der Waals surface area contributed by atoms with Crippen LogP contribution in [0, 0.1) is 11.3 Å². The molecule has 1 heterocycles. The van der Waals surface area contributed by atoms with Crippen molar-refractivity contribution in [1.82, 2.24) is 9.78 Å². The fourth-order valence-corrected chi connectivity index (χ4v) is 2.96. The first kappa shape index (κ1) is 14.0. The van der Waals surface area contributed by atoms with Crippen LogP contribution in [0.25, 0.3) is 0 Å². The molecule has 1 N–H and O–H groups in total. The Morgan fingerprint density at radius 1 is 1.33 bits per heavy atom. The average Bonchev–Trinajstić information content (AvgIpc) is 3.16. The van der Waals surface area contributed by atoms with E-state index in [1.54, 1.807) is 18.2 Å². The second kappa shape index (κ2) is 6.19. The fourth-order valence-electron chi connectivity index (χ4n) is 2.79. The molecule has 0 unspecified atom stereocenters. The molecule has 0 aliphatic heterocycles. The monoisotopic (exact) mass is 300 g/mol. The number of nitrogens with one attached hydrogen (secondary N) is 1. The van der Waals surface area contributed by atoms with Gasteiger partial charge in [-0.3, -0.25) is 4.68 Å². The van der Waals surface area contributed by atoms with Crippen LogP contribution in [-0.2, 0) is 6.54 Å². The minimum atomic E-state index is 0.555. The Hall–Kier alpha value is -1.99. The molecule has 0 atom stereocenters. The smallest absolute Gasteiger partial charge is 0.101 e. The van der Waals surface area contributed by atoms with Crippen LogP contribution in [0.3, 0.4) is 0 Å². The Balaban J connectivity index is 1.68. The van der Waals surface area contributed by atoms with Gasteiger partial charge in [0.25, 0.3) is 0 Å². The zero-order valence-corrected chi connectivity index (χ0v) is 12.5. The summed E-state index contributed by atoms with van der Waals surface area (Å²) in [6.45, 7) is 0.592. The quantitative estimate of drug-likeness (QED) is 0.923. The topological polar surface area (TPSA) is 53.6 Å². The van der Waals surface area contributed by atoms with E-state index in [9.17, 15) is 0 Å². The van der Waals surface area contributed by atoms with Gasteiger partial charge >= 0.3 is 0 Å². The fraction of sp³-hybridized carbons (Fsp3) is 0.375. The highest BCUT2D eigenvalue weighted by atomic mass is 35.5. The molecule has 0 saturated heterocycles. The van der Waals surface area contributed by atoms with Gasteiger partial charge in [0, 0.05) is 11.2 Å². The van der Waals surface area contributed by atoms with Gasteiger partial charge in [-0.05, 0) is 37.1 Å². The maximum Gasteiger partial charge on any atom is 0.101 e. The molecule has 0 bridgehead atoms. The number of nitrogens with zero attached hydrogens (tertiary/aromatic N) is 3. The number of anilines is 1. The summed E-state index contributed by atoms with van der Waals surface area (Å²) >= 11 is 5.98. The van der Waals surface area contributed by atoms with E-state index in [1.807, 2.05) is 6.07 Å². The lowest BCUT2D eigenvalue weighted by molar-refractivity contribution is 0.463. The molecule has 4 nitrogen and oxygen atoms in total. The van der Waals surface area contributed by atoms with Gasteiger partial charge in [-0.15, -0.1) is 0 Å². The Morgan fingerprint density at radius 3 is 2.90 bits per heavy atom. The molecule has 3 rings (SSSR count). The summed E-state index contributed by atoms with van der Waals surface area (Å²) in [5.74, 6) is 0. The molecule has 1 saturated carbocycles. The average molecular weight is 301 g/mol. The van der Waals surface area contributed by atoms with Crippen molar-refractivity contribution in [1.29, 1.82) is 5.26 Å². The largest absolute Gasteiger partial charge is 0.378 e. The zero-order chi connectivity index (χ0) is 14.7. The Bertz CT molecular complexity index is 665. The maximum atomic E-state index is 9.10. The Morgan fingerprint density at radius 2 is 2.14 bits per heavy atom. The summed E-state index contributed by atoms with van der Waals surface area (Å²) in [6, 6.07) is 9.97. The highest BCUT2D eigenvalue weighted by molar-refractivity contribution is 6.30. The highest BCUT2D eigenvalue weighted by Gasteiger charge is 2.17. The van der Waals surface area contributed by atoms with Crippen molar-refractivity contribution in [3.63, 3.8) is 0 Å². The van der Waals surface area contributed by atoms with Crippen LogP contribution in [-0.4, -0.2) is 9.78 Å². The van der Waals surface area contributed by atoms with Gasteiger partial charge in [0.2, 0.25) is 0 Å². The van der Waals surface area contributed by atoms with Gasteiger partial charge in [-0.1, -0.05) is 24.4 Å². The van der Waals surface area contributed by atoms with Crippen LogP contribution in [0.1, 0.15) is 43.0 Å². The molecule has 1 aromatic carbocycles. The molecular formula is C16H17ClN4. The molecular weight excluding hydrogens is 284 g/mol. The van der Waals surface area contributed by atoms with E-state index in [0.29, 0.717) is 23.2 Å². The standard InChI is InChI=1S/C16H17ClN4/c17-13-6-5-12(10-18)16(9-13)19-11-14-7-8-21(20-14)15-3-1-2-4-15/h5-9,15,19H,1-4,11H2. The molecule has 0 spiro atoms. The number of halogens is 1. The molecule has 108 valence electrons. The van der Waals surface area contributed by atoms with Gasteiger partial charge in [0.1, 0.15) is 6.07 Å². The second-order valence-electron chi connectivity index (χ2n) is 5.38. The summed E-state index contributed by atoms with van der Waals surface area (Å²) in [5.41, 5.74) is 2.32. The third-order valence-corrected chi connectivity index (χ3v) is 4.16. The maximum absolute atomic E-state index is 9.10. The first-order chi connectivity index (χ1) is 10.3. The van der Waals surface area contributed by atoms with Crippen molar-refractivity contribution in [2.45, 2.75) is 38.3 Å². The van der Waals surface area contributed by atoms with Crippen LogP contribution in [0.4, 0.5) is 5.69 Å². The summed E-state index contributed by atoms with van der Waals surface area (Å²) in [6.07, 6.45) is 7.09. The van der Waals surface area contributed by atoms with Gasteiger partial charge < -0.3 is 5.32 Å². The van der Waals surface area contributed by atoms with Crippen molar-refractivity contribution in [2.75, 3.05) is 5.32 Å². The molecule has 21 heavy (non-hydrogen) atoms. The van der Waals surface area contributed by atoms with Crippen LogP contribution in [0.15, 0.2) is 30.5 Å². The molecule has 1 aromatic heterocycles. The van der Waals surface area contributed by atoms with E-state index >= 15 is 0 Å². The van der Waals surface area contributed by atoms with Gasteiger partial charge in [0.05, 0.1) is 29.5 Å². The number of hydrogen-bond acceptors (Lipinski definition) is 3. The number of benzene rings is 1. The van der Waals surface area contributed by atoms with Crippen LogP contribution < -0.4 is 5.32 Å². The summed E-state index contributed by atoms with van der Waals surface area (Å²) in [7, 11) is 0. The van der Waals surface area contributed by atoms with Crippen molar-refractivity contribution in [3.05, 3.63) is 46.7 Å². The molecule has 1 aliphatic rings. The second-order valence-corrected chi connectivity index (χ2v) is 5.82. The van der Waals surface area contributed by atoms with Crippen molar-refractivity contribution in [2.24, 2.45) is 0 Å². The lowest BCUT2D eigenvalue weighted by Crippen LogP contribution is -2.07. The third-order valence-electron chi connectivity index (χ3n) is 3.92. The molecule has 1 aliphatic carbocycles. The summed E-state index contributed by atoms with van der Waals surface area (Å²) < 4.78 is 2.08. The first-order valence-electron chi connectivity index (χ1n) is 7.24. The van der Waals surface area contributed by atoms with Crippen molar-refractivity contribution < 1.29 is 0 Å². The zero-order valence-electron chi connectivity index (χ0n) is 11.7. The van der Waals surface area contributed by atoms with E-state index in [-0.39, 0.29) is 0 Å². The van der Waals surface area contributed by atoms with Crippen LogP contribution in [0.2, 0.25) is 5.02 Å². The van der Waals surface area contributed by atoms with Crippen molar-refractivity contribution in [3.8, 4) is 6.07 Å². The molecule has 5 heteroatoms. The first-order valence-corrected chi connectivity index (χ1v) is 7.61. The Labute approximate surface area is 129 Å². The lowest BCUT2D eigenvalue weighted by atomic mass is 10.2. The highest BCUT2D eigenvalue weighted by Crippen LogP contribution is 2.28. The third kappa shape index (κ3) is 3.20. The Kier molecular flexibility index (Phi) is 4.12. The van der Waals surface area contributed by atoms with Crippen LogP contribution in [0.5, 0.6) is 0 Å². The van der Waals surface area contributed by atoms with E-state index in [2.05, 4.69) is 27.4 Å². The number of aromatic nitrogens is 2. The number of rotatable bonds is 4. The van der Waals surface area contributed by atoms with E-state index in [0.717, 1.165) is 11.4 Å². The molecule has 1 fully saturated rings. The minimum Gasteiger partial charge on any atom is -0.378 e. The van der Waals surface area contributed by atoms with E-state index in [4.69, 9.17) is 16.9 Å². The van der Waals surface area contributed by atoms with Gasteiger partial charge in [0.15, 0.2) is 0 Å². The van der Waals surface area contributed by atoms with Crippen LogP contribution >= 0.6 is 11.6 Å². The molecule has 0 radical (unpaired) electrons. The summed E-state index contributed by atoms with van der Waals surface area (Å²) in [5, 5.41) is 17.6. The number of hydrogen-bond donors (Lipinski definition) is 1. The van der Waals surface area contributed by atoms with E-state index in [1.165, 1.54) is 25.7 Å². The van der Waals surface area contributed by atoms with Gasteiger partial charge in [-0.2, -0.15) is 10.4 Å². The van der Waals surface area contributed by atoms with Crippen molar-refractivity contribution >= 4 is 17.3 Å². The van der Waals surface area contributed by atoms with E-state index < -0.39 is 0 Å². The SMILES string of the molecule is N#Cc1ccc(Cl)cc1NCc1ccn(C2CCCC2)n1. The molecule has 2 aromatic rings. The predicted octanol–water partition coefficient (Wildman–Crippen LogP) is 4.14. The van der Waals surface area contributed by atoms with Gasteiger partial charge in [-0.25, -0.2) is 0 Å². The minimum absolute atomic E-state index is 0.555. The lowest BCUT2D eigenvalue weighted by Gasteiger charge is -2.09. The summed E-state index contributed by atoms with van der Waals surface area (Å²) in [4.78, 5) is 0. The normalized spacial score (nSPS) is 15.0. The number of nitriles is 1. The predicted molar refractivity (Wildman–Crippen MR) is 83.2 cm³/mol.